The molecule has 2 rings (SSSR count). The van der Waals surface area contributed by atoms with Crippen LogP contribution in [-0.2, 0) is 6.54 Å². The summed E-state index contributed by atoms with van der Waals surface area (Å²) < 4.78 is 1.01. The van der Waals surface area contributed by atoms with Crippen LogP contribution in [0.4, 0.5) is 0 Å². The number of carbonyl (C=O) groups excluding carboxylic acids is 1. The van der Waals surface area contributed by atoms with E-state index in [1.54, 1.807) is 38.1 Å². The zero-order valence-corrected chi connectivity index (χ0v) is 11.8. The second-order valence-electron chi connectivity index (χ2n) is 4.49. The lowest BCUT2D eigenvalue weighted by Gasteiger charge is -2.08. The number of hydrogen-bond acceptors (Lipinski definition) is 3. The van der Waals surface area contributed by atoms with E-state index in [0.717, 1.165) is 4.68 Å². The van der Waals surface area contributed by atoms with Gasteiger partial charge in [-0.2, -0.15) is 0 Å². The standard InChI is InChI=1S/C14H13ClN2O3/c1-8-9(2)14(20)17(16-13(8)19)7-12(18)10-5-3-4-6-11(10)15/h3-6H,7H2,1-2H3,(H,16,19). The molecular formula is C14H13ClN2O3. The fourth-order valence-corrected chi connectivity index (χ4v) is 2.06. The van der Waals surface area contributed by atoms with E-state index in [4.69, 9.17) is 11.6 Å². The normalized spacial score (nSPS) is 10.6. The first-order valence-electron chi connectivity index (χ1n) is 6.00. The molecule has 0 saturated heterocycles. The van der Waals surface area contributed by atoms with Crippen LogP contribution in [0.2, 0.25) is 5.02 Å². The summed E-state index contributed by atoms with van der Waals surface area (Å²) in [4.78, 5) is 35.8. The molecule has 0 aliphatic heterocycles. The molecule has 1 heterocycles. The van der Waals surface area contributed by atoms with Crippen LogP contribution in [0.25, 0.3) is 0 Å². The van der Waals surface area contributed by atoms with Crippen molar-refractivity contribution in [3.8, 4) is 0 Å². The first-order valence-corrected chi connectivity index (χ1v) is 6.37. The number of nitrogens with one attached hydrogen (secondary N) is 1. The summed E-state index contributed by atoms with van der Waals surface area (Å²) in [6.45, 7) is 2.87. The lowest BCUT2D eigenvalue weighted by molar-refractivity contribution is 0.0965. The number of H-pyrrole nitrogens is 1. The van der Waals surface area contributed by atoms with E-state index in [9.17, 15) is 14.4 Å². The molecule has 0 unspecified atom stereocenters. The molecule has 1 aromatic heterocycles. The number of benzene rings is 1. The van der Waals surface area contributed by atoms with Crippen LogP contribution in [-0.4, -0.2) is 15.6 Å². The van der Waals surface area contributed by atoms with Crippen LogP contribution < -0.4 is 11.1 Å². The Balaban J connectivity index is 2.42. The molecule has 1 aromatic carbocycles. The lowest BCUT2D eigenvalue weighted by atomic mass is 10.1. The molecule has 0 atom stereocenters. The molecule has 6 heteroatoms. The molecule has 0 saturated carbocycles. The average molecular weight is 293 g/mol. The van der Waals surface area contributed by atoms with Crippen molar-refractivity contribution in [2.75, 3.05) is 0 Å². The van der Waals surface area contributed by atoms with Gasteiger partial charge in [0.25, 0.3) is 11.1 Å². The summed E-state index contributed by atoms with van der Waals surface area (Å²) in [5, 5.41) is 2.71. The predicted octanol–water partition coefficient (Wildman–Crippen LogP) is 1.69. The Hall–Kier alpha value is -2.14. The van der Waals surface area contributed by atoms with Crippen molar-refractivity contribution in [2.45, 2.75) is 20.4 Å². The fourth-order valence-electron chi connectivity index (χ4n) is 1.82. The molecule has 0 spiro atoms. The maximum absolute atomic E-state index is 12.1. The van der Waals surface area contributed by atoms with Gasteiger partial charge in [0.1, 0.15) is 6.54 Å². The Morgan fingerprint density at radius 3 is 2.50 bits per heavy atom. The highest BCUT2D eigenvalue weighted by Crippen LogP contribution is 2.15. The molecule has 0 radical (unpaired) electrons. The summed E-state index contributed by atoms with van der Waals surface area (Å²) in [7, 11) is 0. The zero-order chi connectivity index (χ0) is 14.9. The van der Waals surface area contributed by atoms with Crippen LogP contribution in [0, 0.1) is 13.8 Å². The van der Waals surface area contributed by atoms with E-state index in [1.165, 1.54) is 0 Å². The van der Waals surface area contributed by atoms with Crippen molar-refractivity contribution in [1.82, 2.24) is 9.78 Å². The van der Waals surface area contributed by atoms with Crippen molar-refractivity contribution < 1.29 is 4.79 Å². The number of ketones is 1. The molecule has 1 N–H and O–H groups in total. The maximum atomic E-state index is 12.1. The van der Waals surface area contributed by atoms with Crippen molar-refractivity contribution in [3.05, 3.63) is 66.7 Å². The molecule has 2 aromatic rings. The van der Waals surface area contributed by atoms with Crippen molar-refractivity contribution in [2.24, 2.45) is 0 Å². The number of aromatic amines is 1. The Kier molecular flexibility index (Phi) is 3.90. The highest BCUT2D eigenvalue weighted by molar-refractivity contribution is 6.33. The minimum absolute atomic E-state index is 0.251. The summed E-state index contributed by atoms with van der Waals surface area (Å²) in [5.74, 6) is -0.336. The smallest absolute Gasteiger partial charge is 0.268 e. The van der Waals surface area contributed by atoms with Gasteiger partial charge in [-0.15, -0.1) is 0 Å². The van der Waals surface area contributed by atoms with Crippen LogP contribution in [0.3, 0.4) is 0 Å². The Bertz CT molecular complexity index is 790. The monoisotopic (exact) mass is 292 g/mol. The number of nitrogens with zero attached hydrogens (tertiary/aromatic N) is 1. The van der Waals surface area contributed by atoms with Gasteiger partial charge in [0, 0.05) is 16.7 Å². The van der Waals surface area contributed by atoms with Gasteiger partial charge in [-0.1, -0.05) is 23.7 Å². The van der Waals surface area contributed by atoms with Crippen molar-refractivity contribution in [3.63, 3.8) is 0 Å². The van der Waals surface area contributed by atoms with E-state index in [2.05, 4.69) is 5.10 Å². The topological polar surface area (TPSA) is 71.9 Å². The predicted molar refractivity (Wildman–Crippen MR) is 76.6 cm³/mol. The number of halogens is 1. The number of rotatable bonds is 3. The van der Waals surface area contributed by atoms with E-state index < -0.39 is 0 Å². The third-order valence-corrected chi connectivity index (χ3v) is 3.51. The van der Waals surface area contributed by atoms with Gasteiger partial charge in [-0.3, -0.25) is 19.5 Å². The maximum Gasteiger partial charge on any atom is 0.268 e. The first-order chi connectivity index (χ1) is 9.41. The lowest BCUT2D eigenvalue weighted by Crippen LogP contribution is -2.35. The molecule has 0 aliphatic rings. The van der Waals surface area contributed by atoms with Crippen molar-refractivity contribution in [1.29, 1.82) is 0 Å². The van der Waals surface area contributed by atoms with Crippen LogP contribution >= 0.6 is 11.6 Å². The zero-order valence-electron chi connectivity index (χ0n) is 11.1. The second kappa shape index (κ2) is 5.46. The summed E-state index contributed by atoms with van der Waals surface area (Å²) in [6.07, 6.45) is 0. The first kappa shape index (κ1) is 14.3. The molecule has 104 valence electrons. The van der Waals surface area contributed by atoms with Gasteiger partial charge in [0.2, 0.25) is 0 Å². The molecule has 0 bridgehead atoms. The molecular weight excluding hydrogens is 280 g/mol. The highest BCUT2D eigenvalue weighted by atomic mass is 35.5. The number of Topliss-reactive ketones (excluding diaryl/α,β-unsaturated/α-hetero) is 1. The van der Waals surface area contributed by atoms with Crippen LogP contribution in [0.15, 0.2) is 33.9 Å². The van der Waals surface area contributed by atoms with Crippen LogP contribution in [0.1, 0.15) is 21.5 Å². The average Bonchev–Trinajstić information content (AvgIpc) is 2.42. The van der Waals surface area contributed by atoms with E-state index >= 15 is 0 Å². The number of carbonyl (C=O) groups is 1. The van der Waals surface area contributed by atoms with E-state index in [0.29, 0.717) is 21.7 Å². The van der Waals surface area contributed by atoms with E-state index in [1.807, 2.05) is 0 Å². The van der Waals surface area contributed by atoms with Gasteiger partial charge in [-0.05, 0) is 26.0 Å². The quantitative estimate of drug-likeness (QED) is 0.875. The van der Waals surface area contributed by atoms with Gasteiger partial charge in [0.05, 0.1) is 5.02 Å². The molecule has 20 heavy (non-hydrogen) atoms. The van der Waals surface area contributed by atoms with Crippen molar-refractivity contribution >= 4 is 17.4 Å². The van der Waals surface area contributed by atoms with Crippen LogP contribution in [0.5, 0.6) is 0 Å². The molecule has 0 aliphatic carbocycles. The molecule has 5 nitrogen and oxygen atoms in total. The molecule has 0 amide bonds. The third kappa shape index (κ3) is 2.58. The number of hydrogen-bond donors (Lipinski definition) is 1. The Labute approximate surface area is 119 Å². The minimum Gasteiger partial charge on any atom is -0.292 e. The SMILES string of the molecule is Cc1c(C)c(=O)n(CC(=O)c2ccccc2Cl)[nH]c1=O. The Morgan fingerprint density at radius 1 is 1.20 bits per heavy atom. The number of aromatic nitrogens is 2. The second-order valence-corrected chi connectivity index (χ2v) is 4.89. The minimum atomic E-state index is -0.387. The largest absolute Gasteiger partial charge is 0.292 e. The highest BCUT2D eigenvalue weighted by Gasteiger charge is 2.14. The summed E-state index contributed by atoms with van der Waals surface area (Å²) in [5.41, 5.74) is 0.244. The fraction of sp³-hybridized carbons (Fsp3) is 0.214. The molecule has 0 fully saturated rings. The summed E-state index contributed by atoms with van der Waals surface area (Å²) in [6, 6.07) is 6.57. The third-order valence-electron chi connectivity index (χ3n) is 3.18. The summed E-state index contributed by atoms with van der Waals surface area (Å²) >= 11 is 5.93. The van der Waals surface area contributed by atoms with Gasteiger partial charge in [0.15, 0.2) is 5.78 Å². The van der Waals surface area contributed by atoms with Gasteiger partial charge >= 0.3 is 0 Å². The van der Waals surface area contributed by atoms with E-state index in [-0.39, 0.29) is 23.4 Å². The Morgan fingerprint density at radius 2 is 1.85 bits per heavy atom. The van der Waals surface area contributed by atoms with Gasteiger partial charge in [-0.25, -0.2) is 4.68 Å². The van der Waals surface area contributed by atoms with Gasteiger partial charge < -0.3 is 0 Å².